The van der Waals surface area contributed by atoms with Crippen molar-refractivity contribution in [2.75, 3.05) is 39.6 Å². The van der Waals surface area contributed by atoms with Crippen LogP contribution in [-0.4, -0.2) is 321 Å². The Balaban J connectivity index is 0.908. The normalized spacial score (nSPS) is 49.1. The van der Waals surface area contributed by atoms with Crippen LogP contribution in [0.1, 0.15) is 106 Å². The van der Waals surface area contributed by atoms with Gasteiger partial charge < -0.3 is 149 Å². The average molecular weight is 1500 g/mol. The smallest absolute Gasteiger partial charge is 0.333 e. The molecule has 32 heteroatoms. The van der Waals surface area contributed by atoms with Gasteiger partial charge in [-0.3, -0.25) is 0 Å². The van der Waals surface area contributed by atoms with Crippen LogP contribution >= 0.6 is 0 Å². The lowest BCUT2D eigenvalue weighted by molar-refractivity contribution is -0.399. The van der Waals surface area contributed by atoms with Gasteiger partial charge in [0.05, 0.1) is 63.4 Å². The van der Waals surface area contributed by atoms with Gasteiger partial charge in [0.15, 0.2) is 37.6 Å². The Morgan fingerprint density at radius 1 is 0.562 bits per heavy atom. The standard InChI is InChI=1S/C73H110O32/c1-10-31(2)62(93)105-61-60(101-43(79)19-16-32-14-12-11-13-15-32)68(3,4)24-34-33-17-18-41-70(7)22-21-42(69(5,6)40(70)20-23-71(41,8)72(33,9)58(91)59(92)73(34,61)30-77)100-67-57(104-66-52(88)49(85)46(82)38(27-76)98-66)53(89)56(103-65-51(87)48(84)45(81)37(26-75)97-65)39(99-67)29-95-63-54(90)55(35(78)28-94-63)102-64-50(86)47(83)44(80)36(25-74)96-64/h10-17,19,34-42,44-61,63-67,74-78,80-92H,18,20-30H2,1-9H3/b19-16+,31-10+/t34?,35-,36+,37+,38+,39+,40?,41?,42-,44+,45+,46+,47-,48-,49-,50+,51+,52+,53-,54+,55-,56+,57+,58-,59+,60-,61-,63-,64-,65-,66-,67-,70-,71+,72-,73-/m0/s1. The quantitative estimate of drug-likeness (QED) is 0.0261. The summed E-state index contributed by atoms with van der Waals surface area (Å²) in [5.74, 6) is -2.73. The van der Waals surface area contributed by atoms with Crippen molar-refractivity contribution < 1.29 is 158 Å². The molecule has 0 radical (unpaired) electrons. The molecule has 11 rings (SSSR count). The molecule has 0 aromatic heterocycles. The van der Waals surface area contributed by atoms with E-state index in [0.29, 0.717) is 25.7 Å². The minimum absolute atomic E-state index is 0.221. The summed E-state index contributed by atoms with van der Waals surface area (Å²) in [5, 5.41) is 203. The van der Waals surface area contributed by atoms with E-state index in [1.165, 1.54) is 6.08 Å². The third kappa shape index (κ3) is 14.4. The van der Waals surface area contributed by atoms with Crippen molar-refractivity contribution >= 4 is 18.0 Å². The highest BCUT2D eigenvalue weighted by molar-refractivity contribution is 5.88. The largest absolute Gasteiger partial charge is 0.455 e. The minimum Gasteiger partial charge on any atom is -0.455 e. The highest BCUT2D eigenvalue weighted by atomic mass is 16.8. The second-order valence-corrected chi connectivity index (χ2v) is 32.5. The number of aliphatic hydroxyl groups is 18. The van der Waals surface area contributed by atoms with Crippen LogP contribution in [-0.2, 0) is 66.4 Å². The molecule has 9 fully saturated rings. The number of esters is 2. The number of ether oxygens (including phenoxy) is 12. The molecule has 594 valence electrons. The van der Waals surface area contributed by atoms with Crippen molar-refractivity contribution in [1.82, 2.24) is 0 Å². The molecule has 3 unspecified atom stereocenters. The fourth-order valence-corrected chi connectivity index (χ4v) is 19.6. The SMILES string of the molecule is C/C=C(\C)C(=O)O[C@H]1[C@H](OC(=O)/C=C/c2ccccc2)C(C)(C)CC2C3=CCC4[C@@]5(C)CC[C@H](O[C@@H]6O[C@H](CO[C@@H]7OC[C@H](O)[C@H](O[C@@H]8O[C@H](CO)[C@@H](O)[C@H](O)[C@H]8O)[C@H]7O)[C@@H](O[C@@H]7O[C@H](CO)[C@@H](O)[C@H](O)[C@H]7O)[C@H](O)[C@H]6O[C@@H]6O[C@H](CO)[C@@H](O)[C@H](O)[C@H]6O)C(C)(C)C5CC[C@@]4(C)[C@]3(C)[C@@H](O)[C@@H](O)[C@]21CO. The Morgan fingerprint density at radius 3 is 1.65 bits per heavy atom. The Kier molecular flexibility index (Phi) is 24.9. The van der Waals surface area contributed by atoms with E-state index in [0.717, 1.165) is 11.1 Å². The number of fused-ring (bicyclic) bond motifs is 7. The Hall–Kier alpha value is -3.74. The summed E-state index contributed by atoms with van der Waals surface area (Å²) in [6.45, 7) is 12.4. The molecule has 5 saturated heterocycles. The molecule has 4 saturated carbocycles. The van der Waals surface area contributed by atoms with Gasteiger partial charge in [-0.15, -0.1) is 0 Å². The maximum Gasteiger partial charge on any atom is 0.333 e. The Morgan fingerprint density at radius 2 is 1.10 bits per heavy atom. The number of aliphatic hydroxyl groups excluding tert-OH is 18. The van der Waals surface area contributed by atoms with E-state index in [1.54, 1.807) is 38.1 Å². The zero-order valence-corrected chi connectivity index (χ0v) is 60.4. The van der Waals surface area contributed by atoms with E-state index in [2.05, 4.69) is 19.9 Å². The third-order valence-electron chi connectivity index (χ3n) is 26.0. The molecule has 32 nitrogen and oxygen atoms in total. The maximum absolute atomic E-state index is 14.1. The fourth-order valence-electron chi connectivity index (χ4n) is 19.6. The van der Waals surface area contributed by atoms with Crippen LogP contribution < -0.4 is 0 Å². The number of rotatable bonds is 20. The first-order valence-corrected chi connectivity index (χ1v) is 36.4. The van der Waals surface area contributed by atoms with Crippen LogP contribution in [0, 0.1) is 50.2 Å². The number of hydrogen-bond acceptors (Lipinski definition) is 32. The van der Waals surface area contributed by atoms with E-state index >= 15 is 0 Å². The Labute approximate surface area is 608 Å². The van der Waals surface area contributed by atoms with Crippen LogP contribution in [0.5, 0.6) is 0 Å². The number of benzene rings is 1. The van der Waals surface area contributed by atoms with Gasteiger partial charge in [0.25, 0.3) is 0 Å². The zero-order valence-electron chi connectivity index (χ0n) is 60.4. The molecule has 0 amide bonds. The van der Waals surface area contributed by atoms with Gasteiger partial charge in [0.2, 0.25) is 0 Å². The first-order chi connectivity index (χ1) is 49.5. The second kappa shape index (κ2) is 31.8. The lowest BCUT2D eigenvalue weighted by atomic mass is 9.32. The maximum atomic E-state index is 14.1. The van der Waals surface area contributed by atoms with Crippen molar-refractivity contribution in [3.8, 4) is 0 Å². The predicted molar refractivity (Wildman–Crippen MR) is 358 cm³/mol. The van der Waals surface area contributed by atoms with Crippen LogP contribution in [0.4, 0.5) is 0 Å². The van der Waals surface area contributed by atoms with Gasteiger partial charge in [0, 0.05) is 22.5 Å². The second-order valence-electron chi connectivity index (χ2n) is 32.5. The van der Waals surface area contributed by atoms with Gasteiger partial charge in [0.1, 0.15) is 122 Å². The molecule has 105 heavy (non-hydrogen) atoms. The number of allylic oxidation sites excluding steroid dienone is 2. The monoisotopic (exact) mass is 1500 g/mol. The molecule has 5 heterocycles. The summed E-state index contributed by atoms with van der Waals surface area (Å²) in [5.41, 5.74) is -4.58. The topological polar surface area (TPSA) is 509 Å². The molecule has 5 aliphatic heterocycles. The summed E-state index contributed by atoms with van der Waals surface area (Å²) in [4.78, 5) is 28.1. The lowest BCUT2D eigenvalue weighted by Crippen LogP contribution is -2.76. The summed E-state index contributed by atoms with van der Waals surface area (Å²) < 4.78 is 74.0. The third-order valence-corrected chi connectivity index (χ3v) is 26.0. The summed E-state index contributed by atoms with van der Waals surface area (Å²) >= 11 is 0. The molecule has 10 aliphatic rings. The summed E-state index contributed by atoms with van der Waals surface area (Å²) in [6.07, 6.45) is -42.7. The predicted octanol–water partition coefficient (Wildman–Crippen LogP) is -3.43. The lowest BCUT2D eigenvalue weighted by Gasteiger charge is -2.73. The van der Waals surface area contributed by atoms with Gasteiger partial charge in [-0.25, -0.2) is 9.59 Å². The number of hydrogen-bond donors (Lipinski definition) is 18. The van der Waals surface area contributed by atoms with Gasteiger partial charge in [-0.1, -0.05) is 96.5 Å². The Bertz CT molecular complexity index is 3230. The number of carbonyl (C=O) groups is 2. The molecule has 0 spiro atoms. The van der Waals surface area contributed by atoms with Gasteiger partial charge >= 0.3 is 11.9 Å². The fraction of sp³-hybridized carbons (Fsp3) is 0.808. The van der Waals surface area contributed by atoms with Crippen LogP contribution in [0.2, 0.25) is 0 Å². The molecule has 1 aromatic carbocycles. The van der Waals surface area contributed by atoms with Crippen molar-refractivity contribution in [2.24, 2.45) is 50.2 Å². The highest BCUT2D eigenvalue weighted by Crippen LogP contribution is 2.76. The molecular weight excluding hydrogens is 1390 g/mol. The van der Waals surface area contributed by atoms with E-state index in [1.807, 2.05) is 52.8 Å². The molecule has 18 N–H and O–H groups in total. The first kappa shape index (κ1) is 82.2. The molecule has 0 bridgehead atoms. The highest BCUT2D eigenvalue weighted by Gasteiger charge is 2.77. The van der Waals surface area contributed by atoms with Crippen LogP contribution in [0.15, 0.2) is 59.7 Å². The van der Waals surface area contributed by atoms with Crippen LogP contribution in [0.3, 0.4) is 0 Å². The summed E-state index contributed by atoms with van der Waals surface area (Å²) in [6, 6.07) is 9.07. The van der Waals surface area contributed by atoms with Crippen molar-refractivity contribution in [2.45, 2.75) is 279 Å². The number of carbonyl (C=O) groups excluding carboxylic acids is 2. The van der Waals surface area contributed by atoms with Crippen molar-refractivity contribution in [3.05, 3.63) is 65.3 Å². The van der Waals surface area contributed by atoms with Crippen molar-refractivity contribution in [1.29, 1.82) is 0 Å². The van der Waals surface area contributed by atoms with E-state index in [4.69, 9.17) is 56.8 Å². The minimum atomic E-state index is -2.13. The van der Waals surface area contributed by atoms with E-state index < -0.39 is 268 Å². The first-order valence-electron chi connectivity index (χ1n) is 36.4. The summed E-state index contributed by atoms with van der Waals surface area (Å²) in [7, 11) is 0. The van der Waals surface area contributed by atoms with E-state index in [-0.39, 0.29) is 30.3 Å². The van der Waals surface area contributed by atoms with Gasteiger partial charge in [-0.05, 0) is 98.0 Å². The van der Waals surface area contributed by atoms with Crippen molar-refractivity contribution in [3.63, 3.8) is 0 Å². The van der Waals surface area contributed by atoms with Gasteiger partial charge in [-0.2, -0.15) is 0 Å². The van der Waals surface area contributed by atoms with Crippen LogP contribution in [0.25, 0.3) is 6.08 Å². The molecule has 36 atom stereocenters. The molecule has 1 aromatic rings. The van der Waals surface area contributed by atoms with E-state index in [9.17, 15) is 102 Å². The molecular formula is C73H110O32. The zero-order chi connectivity index (χ0) is 76.7. The molecule has 5 aliphatic carbocycles. The average Bonchev–Trinajstić information content (AvgIpc) is 0.661.